The van der Waals surface area contributed by atoms with E-state index >= 15 is 0 Å². The second-order valence-corrected chi connectivity index (χ2v) is 8.06. The summed E-state index contributed by atoms with van der Waals surface area (Å²) in [4.78, 5) is 19.2. The molecule has 2 atom stereocenters. The van der Waals surface area contributed by atoms with E-state index in [1.54, 1.807) is 0 Å². The Kier molecular flexibility index (Phi) is 5.00. The lowest BCUT2D eigenvalue weighted by molar-refractivity contribution is -0.140. The van der Waals surface area contributed by atoms with Crippen molar-refractivity contribution in [2.24, 2.45) is 0 Å². The van der Waals surface area contributed by atoms with Gasteiger partial charge in [0.25, 0.3) is 0 Å². The Balaban J connectivity index is 1.44. The highest BCUT2D eigenvalue weighted by Crippen LogP contribution is 2.40. The van der Waals surface area contributed by atoms with Crippen molar-refractivity contribution in [3.63, 3.8) is 0 Å². The first-order valence-corrected chi connectivity index (χ1v) is 10.2. The largest absolute Gasteiger partial charge is 0.372 e. The second-order valence-electron chi connectivity index (χ2n) is 7.12. The van der Waals surface area contributed by atoms with Crippen molar-refractivity contribution in [2.45, 2.75) is 50.0 Å². The van der Waals surface area contributed by atoms with Crippen LogP contribution in [0.4, 0.5) is 0 Å². The van der Waals surface area contributed by atoms with E-state index in [2.05, 4.69) is 5.10 Å². The van der Waals surface area contributed by atoms with Gasteiger partial charge in [-0.25, -0.2) is 9.67 Å². The van der Waals surface area contributed by atoms with Gasteiger partial charge in [0, 0.05) is 19.0 Å². The highest BCUT2D eigenvalue weighted by Gasteiger charge is 2.31. The zero-order valence-corrected chi connectivity index (χ0v) is 16.0. The first-order chi connectivity index (χ1) is 12.6. The summed E-state index contributed by atoms with van der Waals surface area (Å²) in [6.07, 6.45) is 2.50. The third-order valence-electron chi connectivity index (χ3n) is 4.65. The minimum absolute atomic E-state index is 0.0876. The number of amides is 1. The quantitative estimate of drug-likeness (QED) is 0.756. The molecule has 26 heavy (non-hydrogen) atoms. The molecule has 1 saturated heterocycles. The van der Waals surface area contributed by atoms with Gasteiger partial charge in [0.15, 0.2) is 0 Å². The molecule has 1 amide bonds. The average molecular weight is 372 g/mol. The van der Waals surface area contributed by atoms with Crippen LogP contribution in [0.15, 0.2) is 35.5 Å². The number of hydrogen-bond donors (Lipinski definition) is 0. The maximum absolute atomic E-state index is 12.6. The molecule has 7 heteroatoms. The summed E-state index contributed by atoms with van der Waals surface area (Å²) in [7, 11) is 0. The third-order valence-corrected chi connectivity index (χ3v) is 5.48. The molecule has 2 heterocycles. The van der Waals surface area contributed by atoms with Crippen molar-refractivity contribution in [2.75, 3.05) is 18.8 Å². The molecular weight excluding hydrogens is 348 g/mol. The van der Waals surface area contributed by atoms with Crippen LogP contribution in [0.2, 0.25) is 0 Å². The van der Waals surface area contributed by atoms with Gasteiger partial charge in [-0.3, -0.25) is 4.79 Å². The molecule has 0 unspecified atom stereocenters. The fourth-order valence-electron chi connectivity index (χ4n) is 3.33. The maximum Gasteiger partial charge on any atom is 0.233 e. The van der Waals surface area contributed by atoms with Gasteiger partial charge < -0.3 is 9.64 Å². The number of morpholine rings is 1. The van der Waals surface area contributed by atoms with Crippen molar-refractivity contribution < 1.29 is 9.53 Å². The number of thioether (sulfide) groups is 1. The first kappa shape index (κ1) is 17.5. The van der Waals surface area contributed by atoms with Crippen LogP contribution in [0.25, 0.3) is 5.69 Å². The second kappa shape index (κ2) is 7.40. The number of ether oxygens (including phenoxy) is 1. The van der Waals surface area contributed by atoms with Crippen molar-refractivity contribution in [1.82, 2.24) is 19.7 Å². The van der Waals surface area contributed by atoms with Crippen LogP contribution in [-0.4, -0.2) is 56.6 Å². The predicted octanol–water partition coefficient (Wildman–Crippen LogP) is 2.87. The number of aromatic nitrogens is 3. The molecule has 0 bridgehead atoms. The molecule has 1 aliphatic heterocycles. The number of carbonyl (C=O) groups is 1. The molecule has 1 aromatic carbocycles. The molecule has 0 radical (unpaired) electrons. The zero-order chi connectivity index (χ0) is 18.1. The fraction of sp³-hybridized carbons (Fsp3) is 0.526. The summed E-state index contributed by atoms with van der Waals surface area (Å²) >= 11 is 1.42. The van der Waals surface area contributed by atoms with Crippen LogP contribution in [-0.2, 0) is 9.53 Å². The third kappa shape index (κ3) is 3.94. The van der Waals surface area contributed by atoms with E-state index in [0.717, 1.165) is 24.4 Å². The SMILES string of the molecule is C[C@@H]1CN(C(=O)CSc2nc(C3CC3)n(-c3ccccc3)n2)C[C@H](C)O1. The Morgan fingerprint density at radius 1 is 1.19 bits per heavy atom. The molecule has 2 aliphatic rings. The van der Waals surface area contributed by atoms with Gasteiger partial charge in [0.05, 0.1) is 23.6 Å². The van der Waals surface area contributed by atoms with E-state index in [9.17, 15) is 4.79 Å². The molecule has 1 aliphatic carbocycles. The van der Waals surface area contributed by atoms with Gasteiger partial charge in [-0.05, 0) is 38.8 Å². The number of rotatable bonds is 5. The van der Waals surface area contributed by atoms with E-state index in [-0.39, 0.29) is 18.1 Å². The standard InChI is InChI=1S/C19H24N4O2S/c1-13-10-22(11-14(2)25-13)17(24)12-26-19-20-18(15-8-9-15)23(21-19)16-6-4-3-5-7-16/h3-7,13-15H,8-12H2,1-2H3/t13-,14+. The normalized spacial score (nSPS) is 23.2. The molecule has 2 fully saturated rings. The molecule has 138 valence electrons. The highest BCUT2D eigenvalue weighted by atomic mass is 32.2. The Bertz CT molecular complexity index is 765. The van der Waals surface area contributed by atoms with Crippen LogP contribution >= 0.6 is 11.8 Å². The van der Waals surface area contributed by atoms with Gasteiger partial charge in [-0.2, -0.15) is 0 Å². The number of carbonyl (C=O) groups excluding carboxylic acids is 1. The Labute approximate surface area is 157 Å². The number of nitrogens with zero attached hydrogens (tertiary/aromatic N) is 4. The number of para-hydroxylation sites is 1. The summed E-state index contributed by atoms with van der Waals surface area (Å²) in [5, 5.41) is 5.34. The smallest absolute Gasteiger partial charge is 0.233 e. The van der Waals surface area contributed by atoms with E-state index in [1.807, 2.05) is 53.8 Å². The van der Waals surface area contributed by atoms with E-state index in [1.165, 1.54) is 11.8 Å². The van der Waals surface area contributed by atoms with Crippen LogP contribution < -0.4 is 0 Å². The molecule has 4 rings (SSSR count). The van der Waals surface area contributed by atoms with E-state index < -0.39 is 0 Å². The van der Waals surface area contributed by atoms with Crippen molar-refractivity contribution in [3.05, 3.63) is 36.2 Å². The summed E-state index contributed by atoms with van der Waals surface area (Å²) in [6.45, 7) is 5.33. The molecule has 2 aromatic rings. The molecule has 1 aromatic heterocycles. The van der Waals surface area contributed by atoms with Crippen molar-refractivity contribution >= 4 is 17.7 Å². The molecule has 0 spiro atoms. The molecule has 6 nitrogen and oxygen atoms in total. The minimum atomic E-state index is 0.0876. The Morgan fingerprint density at radius 3 is 2.54 bits per heavy atom. The lowest BCUT2D eigenvalue weighted by Gasteiger charge is -2.35. The van der Waals surface area contributed by atoms with Gasteiger partial charge in [0.1, 0.15) is 5.82 Å². The average Bonchev–Trinajstić information content (AvgIpc) is 3.39. The summed E-state index contributed by atoms with van der Waals surface area (Å²) in [5.41, 5.74) is 1.02. The summed E-state index contributed by atoms with van der Waals surface area (Å²) < 4.78 is 7.64. The van der Waals surface area contributed by atoms with Crippen molar-refractivity contribution in [3.8, 4) is 5.69 Å². The van der Waals surface area contributed by atoms with Gasteiger partial charge in [0.2, 0.25) is 11.1 Å². The van der Waals surface area contributed by atoms with Crippen molar-refractivity contribution in [1.29, 1.82) is 0 Å². The van der Waals surface area contributed by atoms with Crippen LogP contribution in [0.5, 0.6) is 0 Å². The zero-order valence-electron chi connectivity index (χ0n) is 15.2. The topological polar surface area (TPSA) is 60.2 Å². The maximum atomic E-state index is 12.6. The summed E-state index contributed by atoms with van der Waals surface area (Å²) in [6, 6.07) is 10.1. The summed E-state index contributed by atoms with van der Waals surface area (Å²) in [5.74, 6) is 2.00. The first-order valence-electron chi connectivity index (χ1n) is 9.18. The van der Waals surface area contributed by atoms with Gasteiger partial charge >= 0.3 is 0 Å². The van der Waals surface area contributed by atoms with E-state index in [0.29, 0.717) is 29.9 Å². The molecule has 0 N–H and O–H groups in total. The lowest BCUT2D eigenvalue weighted by atomic mass is 10.2. The molecular formula is C19H24N4O2S. The Morgan fingerprint density at radius 2 is 1.88 bits per heavy atom. The number of benzene rings is 1. The van der Waals surface area contributed by atoms with Crippen LogP contribution in [0, 0.1) is 0 Å². The molecule has 1 saturated carbocycles. The van der Waals surface area contributed by atoms with E-state index in [4.69, 9.17) is 9.72 Å². The van der Waals surface area contributed by atoms with Gasteiger partial charge in [-0.1, -0.05) is 30.0 Å². The lowest BCUT2D eigenvalue weighted by Crippen LogP contribution is -2.48. The number of hydrogen-bond acceptors (Lipinski definition) is 5. The highest BCUT2D eigenvalue weighted by molar-refractivity contribution is 7.99. The van der Waals surface area contributed by atoms with Crippen LogP contribution in [0.3, 0.4) is 0 Å². The fourth-order valence-corrected chi connectivity index (χ4v) is 4.06. The predicted molar refractivity (Wildman–Crippen MR) is 101 cm³/mol. The van der Waals surface area contributed by atoms with Crippen LogP contribution in [0.1, 0.15) is 38.4 Å². The minimum Gasteiger partial charge on any atom is -0.372 e. The Hall–Kier alpha value is -1.86. The van der Waals surface area contributed by atoms with Gasteiger partial charge in [-0.15, -0.1) is 5.10 Å². The monoisotopic (exact) mass is 372 g/mol.